The number of aromatic nitrogens is 1. The molecule has 1 aromatic heterocycles. The molecule has 1 saturated heterocycles. The summed E-state index contributed by atoms with van der Waals surface area (Å²) < 4.78 is 6.74. The van der Waals surface area contributed by atoms with Crippen molar-refractivity contribution in [1.82, 2.24) is 15.2 Å². The van der Waals surface area contributed by atoms with Gasteiger partial charge < -0.3 is 15.8 Å². The Morgan fingerprint density at radius 2 is 2.26 bits per heavy atom. The lowest BCUT2D eigenvalue weighted by atomic mass is 10.2. The molecule has 0 spiro atoms. The van der Waals surface area contributed by atoms with E-state index in [9.17, 15) is 9.59 Å². The lowest BCUT2D eigenvalue weighted by Gasteiger charge is -2.36. The van der Waals surface area contributed by atoms with Gasteiger partial charge in [-0.1, -0.05) is 41.0 Å². The monoisotopic (exact) mass is 500 g/mol. The predicted octanol–water partition coefficient (Wildman–Crippen LogP) is 3.40. The molecule has 2 aromatic rings. The molecule has 3 N–H and O–H groups in total. The van der Waals surface area contributed by atoms with Crippen LogP contribution in [-0.4, -0.2) is 52.9 Å². The molecule has 2 amide bonds. The van der Waals surface area contributed by atoms with Gasteiger partial charge in [0.15, 0.2) is 4.34 Å². The molecular formula is C20H22Cl2N4O3S2. The van der Waals surface area contributed by atoms with Gasteiger partial charge >= 0.3 is 0 Å². The zero-order valence-electron chi connectivity index (χ0n) is 16.7. The number of hydrogen-bond donors (Lipinski definition) is 2. The van der Waals surface area contributed by atoms with Crippen LogP contribution in [0.15, 0.2) is 34.0 Å². The van der Waals surface area contributed by atoms with E-state index in [0.717, 1.165) is 16.4 Å². The largest absolute Gasteiger partial charge is 0.372 e. The number of halogens is 2. The molecule has 1 aromatic carbocycles. The summed E-state index contributed by atoms with van der Waals surface area (Å²) in [6.07, 6.45) is 2.60. The Hall–Kier alpha value is -1.62. The number of hydrogen-bond acceptors (Lipinski definition) is 7. The van der Waals surface area contributed by atoms with Crippen molar-refractivity contribution in [2.75, 3.05) is 19.7 Å². The number of carbonyl (C=O) groups is 2. The minimum absolute atomic E-state index is 0.145. The average molecular weight is 501 g/mol. The number of nitrogens with one attached hydrogen (secondary N) is 1. The van der Waals surface area contributed by atoms with E-state index in [4.69, 9.17) is 33.7 Å². The molecule has 0 saturated carbocycles. The summed E-state index contributed by atoms with van der Waals surface area (Å²) >= 11 is 15.0. The number of thioether (sulfide) groups is 1. The lowest BCUT2D eigenvalue weighted by Crippen LogP contribution is -2.51. The second-order valence-corrected chi connectivity index (χ2v) is 9.97. The second-order valence-electron chi connectivity index (χ2n) is 6.91. The van der Waals surface area contributed by atoms with Crippen molar-refractivity contribution in [3.63, 3.8) is 0 Å². The average Bonchev–Trinajstić information content (AvgIpc) is 3.16. The van der Waals surface area contributed by atoms with Crippen molar-refractivity contribution in [3.05, 3.63) is 51.0 Å². The zero-order chi connectivity index (χ0) is 22.4. The SMILES string of the molecule is CC(=O)N[C@@H](Sc1nc(/C=C/C(N)=O)cs1)[C@@H]1CN(Cc2ccc(Cl)c(Cl)c2)CCO1. The first kappa shape index (κ1) is 24.0. The van der Waals surface area contributed by atoms with Crippen molar-refractivity contribution in [1.29, 1.82) is 0 Å². The van der Waals surface area contributed by atoms with Gasteiger partial charge in [0, 0.05) is 38.0 Å². The van der Waals surface area contributed by atoms with Crippen molar-refractivity contribution in [2.24, 2.45) is 5.73 Å². The summed E-state index contributed by atoms with van der Waals surface area (Å²) in [5, 5.41) is 5.54. The minimum atomic E-state index is -0.531. The van der Waals surface area contributed by atoms with E-state index >= 15 is 0 Å². The molecule has 31 heavy (non-hydrogen) atoms. The Morgan fingerprint density at radius 1 is 1.45 bits per heavy atom. The van der Waals surface area contributed by atoms with Crippen molar-refractivity contribution < 1.29 is 14.3 Å². The molecule has 7 nitrogen and oxygen atoms in total. The number of thiazole rings is 1. The maximum Gasteiger partial charge on any atom is 0.241 e. The van der Waals surface area contributed by atoms with Gasteiger partial charge in [-0.15, -0.1) is 11.3 Å². The third-order valence-electron chi connectivity index (χ3n) is 4.40. The van der Waals surface area contributed by atoms with E-state index in [1.165, 1.54) is 36.1 Å². The second kappa shape index (κ2) is 11.3. The Bertz CT molecular complexity index is 970. The fourth-order valence-electron chi connectivity index (χ4n) is 3.03. The molecule has 1 aliphatic rings. The number of amides is 2. The van der Waals surface area contributed by atoms with Crippen LogP contribution in [0.2, 0.25) is 10.0 Å². The van der Waals surface area contributed by atoms with E-state index in [2.05, 4.69) is 15.2 Å². The van der Waals surface area contributed by atoms with E-state index in [0.29, 0.717) is 35.4 Å². The molecule has 2 heterocycles. The van der Waals surface area contributed by atoms with Crippen LogP contribution in [0.1, 0.15) is 18.2 Å². The number of benzene rings is 1. The van der Waals surface area contributed by atoms with Crippen molar-refractivity contribution >= 4 is 64.2 Å². The highest BCUT2D eigenvalue weighted by Gasteiger charge is 2.30. The molecule has 11 heteroatoms. The van der Waals surface area contributed by atoms with Crippen molar-refractivity contribution in [3.8, 4) is 0 Å². The molecule has 3 rings (SSSR count). The molecular weight excluding hydrogens is 479 g/mol. The molecule has 0 bridgehead atoms. The quantitative estimate of drug-likeness (QED) is 0.327. The third-order valence-corrected chi connectivity index (χ3v) is 7.33. The Balaban J connectivity index is 1.67. The fourth-order valence-corrected chi connectivity index (χ4v) is 5.45. The van der Waals surface area contributed by atoms with E-state index in [1.807, 2.05) is 17.5 Å². The molecule has 0 aliphatic carbocycles. The van der Waals surface area contributed by atoms with Crippen LogP contribution < -0.4 is 11.1 Å². The topological polar surface area (TPSA) is 97.6 Å². The third kappa shape index (κ3) is 7.48. The molecule has 0 unspecified atom stereocenters. The van der Waals surface area contributed by atoms with E-state index in [-0.39, 0.29) is 17.4 Å². The normalized spacial score (nSPS) is 18.2. The fraction of sp³-hybridized carbons (Fsp3) is 0.350. The van der Waals surface area contributed by atoms with Gasteiger partial charge in [-0.3, -0.25) is 14.5 Å². The lowest BCUT2D eigenvalue weighted by molar-refractivity contribution is -0.120. The highest BCUT2D eigenvalue weighted by Crippen LogP contribution is 2.30. The van der Waals surface area contributed by atoms with Crippen LogP contribution in [0.4, 0.5) is 0 Å². The van der Waals surface area contributed by atoms with E-state index < -0.39 is 5.91 Å². The number of primary amides is 1. The molecule has 1 aliphatic heterocycles. The van der Waals surface area contributed by atoms with Gasteiger partial charge in [0.05, 0.1) is 22.3 Å². The first-order valence-corrected chi connectivity index (χ1v) is 12.0. The van der Waals surface area contributed by atoms with Crippen LogP contribution in [-0.2, 0) is 20.9 Å². The number of ether oxygens (including phenoxy) is 1. The number of nitrogens with zero attached hydrogens (tertiary/aromatic N) is 2. The summed E-state index contributed by atoms with van der Waals surface area (Å²) in [7, 11) is 0. The van der Waals surface area contributed by atoms with Crippen LogP contribution >= 0.6 is 46.3 Å². The first-order chi connectivity index (χ1) is 14.8. The van der Waals surface area contributed by atoms with Crippen LogP contribution in [0.5, 0.6) is 0 Å². The van der Waals surface area contributed by atoms with Gasteiger partial charge in [-0.2, -0.15) is 0 Å². The summed E-state index contributed by atoms with van der Waals surface area (Å²) in [5.41, 5.74) is 6.82. The van der Waals surface area contributed by atoms with Crippen LogP contribution in [0.25, 0.3) is 6.08 Å². The highest BCUT2D eigenvalue weighted by atomic mass is 35.5. The number of nitrogens with two attached hydrogens (primary N) is 1. The predicted molar refractivity (Wildman–Crippen MR) is 125 cm³/mol. The maximum atomic E-state index is 11.8. The Kier molecular flexibility index (Phi) is 8.76. The zero-order valence-corrected chi connectivity index (χ0v) is 19.9. The minimum Gasteiger partial charge on any atom is -0.372 e. The van der Waals surface area contributed by atoms with E-state index in [1.54, 1.807) is 12.1 Å². The standard InChI is InChI=1S/C20H22Cl2N4O3S2/c1-12(27)24-19(31-20-25-14(11-30-20)3-5-18(23)28)17-10-26(6-7-29-17)9-13-2-4-15(21)16(22)8-13/h2-5,8,11,17,19H,6-7,9-10H2,1H3,(H2,23,28)(H,24,27)/b5-3+/t17-,19-/m0/s1. The van der Waals surface area contributed by atoms with Crippen LogP contribution in [0.3, 0.4) is 0 Å². The summed E-state index contributed by atoms with van der Waals surface area (Å²) in [4.78, 5) is 29.4. The summed E-state index contributed by atoms with van der Waals surface area (Å²) in [6, 6.07) is 5.61. The summed E-state index contributed by atoms with van der Waals surface area (Å²) in [5.74, 6) is -0.677. The molecule has 166 valence electrons. The molecule has 0 radical (unpaired) electrons. The number of morpholine rings is 1. The number of rotatable bonds is 8. The summed E-state index contributed by atoms with van der Waals surface area (Å²) in [6.45, 7) is 4.14. The van der Waals surface area contributed by atoms with Gasteiger partial charge in [0.25, 0.3) is 0 Å². The maximum absolute atomic E-state index is 11.8. The smallest absolute Gasteiger partial charge is 0.241 e. The highest BCUT2D eigenvalue weighted by molar-refractivity contribution is 8.01. The van der Waals surface area contributed by atoms with Gasteiger partial charge in [0.1, 0.15) is 11.5 Å². The van der Waals surface area contributed by atoms with Gasteiger partial charge in [0.2, 0.25) is 11.8 Å². The Morgan fingerprint density at radius 3 is 2.97 bits per heavy atom. The number of carbonyl (C=O) groups excluding carboxylic acids is 2. The van der Waals surface area contributed by atoms with Gasteiger partial charge in [-0.25, -0.2) is 4.98 Å². The van der Waals surface area contributed by atoms with Crippen LogP contribution in [0, 0.1) is 0 Å². The van der Waals surface area contributed by atoms with Crippen molar-refractivity contribution in [2.45, 2.75) is 29.3 Å². The Labute approximate surface area is 198 Å². The first-order valence-electron chi connectivity index (χ1n) is 9.45. The van der Waals surface area contributed by atoms with Gasteiger partial charge in [-0.05, 0) is 23.8 Å². The molecule has 2 atom stereocenters. The molecule has 1 fully saturated rings.